The summed E-state index contributed by atoms with van der Waals surface area (Å²) in [5.74, 6) is 0.637. The Bertz CT molecular complexity index is 594. The number of hydrogen-bond donors (Lipinski definition) is 1. The number of hydrogen-bond acceptors (Lipinski definition) is 4. The van der Waals surface area contributed by atoms with E-state index in [-0.39, 0.29) is 6.04 Å². The normalized spacial score (nSPS) is 18.7. The molecule has 2 N–H and O–H groups in total. The van der Waals surface area contributed by atoms with E-state index in [0.29, 0.717) is 5.96 Å². The summed E-state index contributed by atoms with van der Waals surface area (Å²) in [6.45, 7) is 1.54. The van der Waals surface area contributed by atoms with Gasteiger partial charge in [-0.15, -0.1) is 11.3 Å². The lowest BCUT2D eigenvalue weighted by atomic mass is 10.1. The number of benzene rings is 1. The monoisotopic (exact) mass is 335 g/mol. The number of guanidine groups is 1. The second kappa shape index (κ2) is 5.35. The van der Waals surface area contributed by atoms with Gasteiger partial charge in [0.05, 0.1) is 12.6 Å². The van der Waals surface area contributed by atoms with Crippen LogP contribution in [-0.4, -0.2) is 17.4 Å². The molecule has 19 heavy (non-hydrogen) atoms. The maximum absolute atomic E-state index is 6.03. The lowest BCUT2D eigenvalue weighted by Gasteiger charge is -2.25. The molecule has 3 rings (SSSR count). The number of nitrogens with zero attached hydrogens (tertiary/aromatic N) is 2. The zero-order valence-corrected chi connectivity index (χ0v) is 12.7. The summed E-state index contributed by atoms with van der Waals surface area (Å²) in [6, 6.07) is 12.8. The Labute approximate surface area is 124 Å². The third-order valence-corrected chi connectivity index (χ3v) is 5.00. The van der Waals surface area contributed by atoms with Crippen LogP contribution in [-0.2, 0) is 6.54 Å². The summed E-state index contributed by atoms with van der Waals surface area (Å²) in [7, 11) is 0. The van der Waals surface area contributed by atoms with Crippen LogP contribution in [0.2, 0.25) is 0 Å². The Kier molecular flexibility index (Phi) is 3.57. The highest BCUT2D eigenvalue weighted by Crippen LogP contribution is 2.33. The van der Waals surface area contributed by atoms with Crippen LogP contribution in [0.25, 0.3) is 0 Å². The van der Waals surface area contributed by atoms with Crippen LogP contribution in [0, 0.1) is 0 Å². The van der Waals surface area contributed by atoms with Crippen LogP contribution in [0.1, 0.15) is 16.5 Å². The molecule has 3 nitrogen and oxygen atoms in total. The predicted molar refractivity (Wildman–Crippen MR) is 83.2 cm³/mol. The standard InChI is InChI=1S/C14H14BrN3S/c15-11-6-13(19-9-11)12-7-17-14(16)18(12)8-10-4-2-1-3-5-10/h1-6,9,12H,7-8H2,(H2,16,17). The first-order valence-electron chi connectivity index (χ1n) is 6.08. The van der Waals surface area contributed by atoms with Gasteiger partial charge in [0.2, 0.25) is 0 Å². The molecule has 0 radical (unpaired) electrons. The second-order valence-electron chi connectivity index (χ2n) is 4.50. The van der Waals surface area contributed by atoms with Crippen molar-refractivity contribution >= 4 is 33.2 Å². The molecule has 1 aromatic heterocycles. The van der Waals surface area contributed by atoms with Crippen molar-refractivity contribution in [2.45, 2.75) is 12.6 Å². The third kappa shape index (κ3) is 2.67. The molecule has 0 aliphatic carbocycles. The van der Waals surface area contributed by atoms with Gasteiger partial charge < -0.3 is 10.6 Å². The van der Waals surface area contributed by atoms with E-state index in [4.69, 9.17) is 5.73 Å². The molecule has 2 heterocycles. The minimum absolute atomic E-state index is 0.261. The van der Waals surface area contributed by atoms with Crippen molar-refractivity contribution in [3.8, 4) is 0 Å². The highest BCUT2D eigenvalue weighted by Gasteiger charge is 2.28. The molecule has 98 valence electrons. The third-order valence-electron chi connectivity index (χ3n) is 3.21. The quantitative estimate of drug-likeness (QED) is 0.934. The van der Waals surface area contributed by atoms with Gasteiger partial charge in [0.25, 0.3) is 0 Å². The van der Waals surface area contributed by atoms with Crippen LogP contribution in [0.5, 0.6) is 0 Å². The van der Waals surface area contributed by atoms with Gasteiger partial charge >= 0.3 is 0 Å². The lowest BCUT2D eigenvalue weighted by Crippen LogP contribution is -2.35. The minimum atomic E-state index is 0.261. The molecule has 0 saturated heterocycles. The largest absolute Gasteiger partial charge is 0.370 e. The predicted octanol–water partition coefficient (Wildman–Crippen LogP) is 3.38. The van der Waals surface area contributed by atoms with Crippen LogP contribution >= 0.6 is 27.3 Å². The van der Waals surface area contributed by atoms with Crippen molar-refractivity contribution in [2.24, 2.45) is 10.7 Å². The second-order valence-corrected chi connectivity index (χ2v) is 6.35. The Balaban J connectivity index is 1.83. The molecule has 1 aromatic carbocycles. The van der Waals surface area contributed by atoms with Gasteiger partial charge in [0.15, 0.2) is 5.96 Å². The van der Waals surface area contributed by atoms with E-state index in [1.165, 1.54) is 10.4 Å². The Morgan fingerprint density at radius 2 is 2.16 bits per heavy atom. The van der Waals surface area contributed by atoms with Gasteiger partial charge in [-0.2, -0.15) is 0 Å². The highest BCUT2D eigenvalue weighted by atomic mass is 79.9. The maximum atomic E-state index is 6.03. The van der Waals surface area contributed by atoms with Crippen molar-refractivity contribution in [3.05, 3.63) is 56.7 Å². The smallest absolute Gasteiger partial charge is 0.192 e. The zero-order valence-electron chi connectivity index (χ0n) is 10.3. The molecule has 0 fully saturated rings. The molecule has 5 heteroatoms. The van der Waals surface area contributed by atoms with E-state index in [9.17, 15) is 0 Å². The van der Waals surface area contributed by atoms with Gasteiger partial charge in [-0.3, -0.25) is 4.99 Å². The Morgan fingerprint density at radius 1 is 1.37 bits per heavy atom. The van der Waals surface area contributed by atoms with E-state index >= 15 is 0 Å². The molecule has 1 unspecified atom stereocenters. The van der Waals surface area contributed by atoms with Gasteiger partial charge in [-0.25, -0.2) is 0 Å². The fraction of sp³-hybridized carbons (Fsp3) is 0.214. The van der Waals surface area contributed by atoms with Crippen molar-refractivity contribution in [2.75, 3.05) is 6.54 Å². The number of thiophene rings is 1. The van der Waals surface area contributed by atoms with E-state index in [0.717, 1.165) is 17.6 Å². The van der Waals surface area contributed by atoms with Gasteiger partial charge in [-0.1, -0.05) is 30.3 Å². The van der Waals surface area contributed by atoms with Crippen LogP contribution < -0.4 is 5.73 Å². The van der Waals surface area contributed by atoms with Gasteiger partial charge in [-0.05, 0) is 27.6 Å². The van der Waals surface area contributed by atoms with E-state index in [1.807, 2.05) is 6.07 Å². The fourth-order valence-electron chi connectivity index (χ4n) is 2.25. The van der Waals surface area contributed by atoms with E-state index < -0.39 is 0 Å². The minimum Gasteiger partial charge on any atom is -0.370 e. The van der Waals surface area contributed by atoms with Crippen molar-refractivity contribution in [1.29, 1.82) is 0 Å². The lowest BCUT2D eigenvalue weighted by molar-refractivity contribution is 0.344. The fourth-order valence-corrected chi connectivity index (χ4v) is 3.80. The first-order valence-corrected chi connectivity index (χ1v) is 7.76. The zero-order chi connectivity index (χ0) is 13.2. The molecule has 1 atom stereocenters. The average Bonchev–Trinajstić information content (AvgIpc) is 2.99. The summed E-state index contributed by atoms with van der Waals surface area (Å²) < 4.78 is 1.12. The van der Waals surface area contributed by atoms with Gasteiger partial charge in [0, 0.05) is 21.3 Å². The molecule has 1 aliphatic heterocycles. The molecule has 0 saturated carbocycles. The number of nitrogens with two attached hydrogens (primary N) is 1. The Morgan fingerprint density at radius 3 is 2.84 bits per heavy atom. The molecule has 0 bridgehead atoms. The number of aliphatic imine (C=N–C) groups is 1. The number of halogens is 1. The summed E-state index contributed by atoms with van der Waals surface area (Å²) in [4.78, 5) is 7.86. The average molecular weight is 336 g/mol. The Hall–Kier alpha value is -1.33. The van der Waals surface area contributed by atoms with Gasteiger partial charge in [0.1, 0.15) is 0 Å². The summed E-state index contributed by atoms with van der Waals surface area (Å²) in [5.41, 5.74) is 7.28. The maximum Gasteiger partial charge on any atom is 0.192 e. The van der Waals surface area contributed by atoms with E-state index in [2.05, 4.69) is 61.5 Å². The molecule has 2 aromatic rings. The summed E-state index contributed by atoms with van der Waals surface area (Å²) in [6.07, 6.45) is 0. The first-order chi connectivity index (χ1) is 9.24. The van der Waals surface area contributed by atoms with Crippen LogP contribution in [0.4, 0.5) is 0 Å². The summed E-state index contributed by atoms with van der Waals surface area (Å²) in [5, 5.41) is 2.10. The molecular weight excluding hydrogens is 322 g/mol. The van der Waals surface area contributed by atoms with Crippen LogP contribution in [0.15, 0.2) is 51.2 Å². The molecular formula is C14H14BrN3S. The van der Waals surface area contributed by atoms with Crippen molar-refractivity contribution in [3.63, 3.8) is 0 Å². The van der Waals surface area contributed by atoms with Crippen molar-refractivity contribution in [1.82, 2.24) is 4.90 Å². The molecule has 0 amide bonds. The van der Waals surface area contributed by atoms with E-state index in [1.54, 1.807) is 11.3 Å². The molecule has 1 aliphatic rings. The van der Waals surface area contributed by atoms with Crippen LogP contribution in [0.3, 0.4) is 0 Å². The first kappa shape index (κ1) is 12.7. The SMILES string of the molecule is NC1=NCC(c2cc(Br)cs2)N1Cc1ccccc1. The summed E-state index contributed by atoms with van der Waals surface area (Å²) >= 11 is 5.25. The highest BCUT2D eigenvalue weighted by molar-refractivity contribution is 9.10. The molecule has 0 spiro atoms. The van der Waals surface area contributed by atoms with Crippen molar-refractivity contribution < 1.29 is 0 Å². The number of rotatable bonds is 3. The topological polar surface area (TPSA) is 41.6 Å².